The number of alkyl halides is 3. The van der Waals surface area contributed by atoms with Crippen LogP contribution in [0.3, 0.4) is 0 Å². The van der Waals surface area contributed by atoms with Gasteiger partial charge in [-0.3, -0.25) is 4.79 Å². The van der Waals surface area contributed by atoms with Crippen LogP contribution < -0.4 is 5.32 Å². The summed E-state index contributed by atoms with van der Waals surface area (Å²) in [6.07, 6.45) is -5.47. The number of rotatable bonds is 6. The Bertz CT molecular complexity index is 562. The van der Waals surface area contributed by atoms with E-state index in [9.17, 15) is 23.1 Å². The van der Waals surface area contributed by atoms with E-state index >= 15 is 0 Å². The fraction of sp³-hybridized carbons (Fsp3) is 0.571. The van der Waals surface area contributed by atoms with Crippen LogP contribution >= 0.6 is 0 Å². The van der Waals surface area contributed by atoms with Crippen LogP contribution in [-0.4, -0.2) is 23.2 Å². The zero-order valence-electron chi connectivity index (χ0n) is 12.2. The van der Waals surface area contributed by atoms with Gasteiger partial charge in [-0.1, -0.05) is 13.3 Å². The first kappa shape index (κ1) is 18.0. The summed E-state index contributed by atoms with van der Waals surface area (Å²) < 4.78 is 44.4. The van der Waals surface area contributed by atoms with Crippen LogP contribution in [0.4, 0.5) is 13.2 Å². The molecule has 5 nitrogen and oxygen atoms in total. The van der Waals surface area contributed by atoms with Crippen LogP contribution in [0, 0.1) is 18.3 Å². The van der Waals surface area contributed by atoms with Gasteiger partial charge in [0.1, 0.15) is 17.6 Å². The number of hydrogen-bond donors (Lipinski definition) is 2. The van der Waals surface area contributed by atoms with E-state index in [-0.39, 0.29) is 5.76 Å². The summed E-state index contributed by atoms with van der Waals surface area (Å²) in [7, 11) is 0. The highest BCUT2D eigenvalue weighted by molar-refractivity contribution is 5.78. The van der Waals surface area contributed by atoms with Gasteiger partial charge in [-0.15, -0.1) is 0 Å². The Hall–Kier alpha value is -2.01. The van der Waals surface area contributed by atoms with Crippen molar-refractivity contribution in [3.8, 4) is 6.07 Å². The van der Waals surface area contributed by atoms with Crippen molar-refractivity contribution in [3.05, 3.63) is 23.7 Å². The molecule has 0 spiro atoms. The molecule has 8 heteroatoms. The normalized spacial score (nSPS) is 15.7. The van der Waals surface area contributed by atoms with Gasteiger partial charge in [0.25, 0.3) is 0 Å². The van der Waals surface area contributed by atoms with Gasteiger partial charge in [0.05, 0.1) is 12.5 Å². The third-order valence-electron chi connectivity index (χ3n) is 3.10. The molecule has 0 aromatic carbocycles. The number of hydrogen-bond acceptors (Lipinski definition) is 4. The molecule has 0 bridgehead atoms. The Morgan fingerprint density at radius 2 is 2.14 bits per heavy atom. The van der Waals surface area contributed by atoms with E-state index in [1.54, 1.807) is 13.0 Å². The minimum Gasteiger partial charge on any atom is -0.463 e. The number of aryl methyl sites for hydroxylation is 1. The molecule has 1 amide bonds. The summed E-state index contributed by atoms with van der Waals surface area (Å²) in [6, 6.07) is 3.13. The zero-order chi connectivity index (χ0) is 17.0. The van der Waals surface area contributed by atoms with Gasteiger partial charge in [-0.05, 0) is 25.5 Å². The molecule has 2 atom stereocenters. The molecule has 0 aliphatic carbocycles. The number of furan rings is 1. The maximum atomic E-state index is 13.2. The number of halogens is 3. The van der Waals surface area contributed by atoms with Gasteiger partial charge < -0.3 is 14.8 Å². The molecule has 2 N–H and O–H groups in total. The highest BCUT2D eigenvalue weighted by Crippen LogP contribution is 2.42. The zero-order valence-corrected chi connectivity index (χ0v) is 12.2. The van der Waals surface area contributed by atoms with Crippen LogP contribution in [0.1, 0.15) is 37.7 Å². The number of nitrogens with one attached hydrogen (secondary N) is 1. The lowest BCUT2D eigenvalue weighted by molar-refractivity contribution is -0.273. The highest BCUT2D eigenvalue weighted by Gasteiger charge is 2.58. The number of aliphatic hydroxyl groups is 1. The number of nitrogens with zero attached hydrogens (tertiary/aromatic N) is 1. The van der Waals surface area contributed by atoms with Gasteiger partial charge in [0, 0.05) is 0 Å². The van der Waals surface area contributed by atoms with E-state index in [0.29, 0.717) is 12.8 Å². The summed E-state index contributed by atoms with van der Waals surface area (Å²) in [6.45, 7) is 3.20. The van der Waals surface area contributed by atoms with Gasteiger partial charge in [0.15, 0.2) is 0 Å². The lowest BCUT2D eigenvalue weighted by atomic mass is 9.95. The van der Waals surface area contributed by atoms with Crippen molar-refractivity contribution in [2.45, 2.75) is 50.9 Å². The quantitative estimate of drug-likeness (QED) is 0.844. The smallest absolute Gasteiger partial charge is 0.425 e. The van der Waals surface area contributed by atoms with Gasteiger partial charge in [-0.25, -0.2) is 0 Å². The Morgan fingerprint density at radius 1 is 1.50 bits per heavy atom. The van der Waals surface area contributed by atoms with E-state index in [1.807, 2.05) is 0 Å². The predicted molar refractivity (Wildman–Crippen MR) is 70.5 cm³/mol. The van der Waals surface area contributed by atoms with Crippen LogP contribution in [0.15, 0.2) is 16.5 Å². The molecule has 2 unspecified atom stereocenters. The minimum atomic E-state index is -5.10. The third-order valence-corrected chi connectivity index (χ3v) is 3.10. The van der Waals surface area contributed by atoms with Crippen LogP contribution in [0.25, 0.3) is 0 Å². The first-order valence-electron chi connectivity index (χ1n) is 6.69. The largest absolute Gasteiger partial charge is 0.463 e. The lowest BCUT2D eigenvalue weighted by Crippen LogP contribution is -2.47. The molecule has 122 valence electrons. The first-order valence-corrected chi connectivity index (χ1v) is 6.69. The number of carbonyl (C=O) groups is 1. The second kappa shape index (κ2) is 6.83. The summed E-state index contributed by atoms with van der Waals surface area (Å²) in [5.74, 6) is -1.65. The van der Waals surface area contributed by atoms with Crippen molar-refractivity contribution in [3.63, 3.8) is 0 Å². The predicted octanol–water partition coefficient (Wildman–Crippen LogP) is 2.54. The second-order valence-electron chi connectivity index (χ2n) is 4.98. The van der Waals surface area contributed by atoms with Crippen molar-refractivity contribution >= 4 is 5.91 Å². The van der Waals surface area contributed by atoms with E-state index in [1.165, 1.54) is 13.0 Å². The van der Waals surface area contributed by atoms with Crippen molar-refractivity contribution < 1.29 is 27.5 Å². The minimum absolute atomic E-state index is 0.180. The Morgan fingerprint density at radius 3 is 2.55 bits per heavy atom. The standard InChI is InChI=1S/C14H17F3N2O3/c1-3-4-10(8-18)19-12(20)7-13(21,14(15,16)17)11-6-5-9(2)22-11/h5-6,10,21H,3-4,7H2,1-2H3,(H,19,20). The molecule has 1 aromatic rings. The van der Waals surface area contributed by atoms with Crippen molar-refractivity contribution in [2.75, 3.05) is 0 Å². The Kier molecular flexibility index (Phi) is 5.60. The van der Waals surface area contributed by atoms with E-state index in [2.05, 4.69) is 5.32 Å². The molecule has 0 aliphatic heterocycles. The van der Waals surface area contributed by atoms with Gasteiger partial charge >= 0.3 is 6.18 Å². The topological polar surface area (TPSA) is 86.3 Å². The summed E-state index contributed by atoms with van der Waals surface area (Å²) in [4.78, 5) is 11.8. The number of carbonyl (C=O) groups excluding carboxylic acids is 1. The van der Waals surface area contributed by atoms with Crippen LogP contribution in [-0.2, 0) is 10.4 Å². The molecule has 1 aromatic heterocycles. The van der Waals surface area contributed by atoms with Gasteiger partial charge in [0.2, 0.25) is 11.5 Å². The summed E-state index contributed by atoms with van der Waals surface area (Å²) in [5, 5.41) is 20.9. The fourth-order valence-electron chi connectivity index (χ4n) is 1.92. The van der Waals surface area contributed by atoms with Crippen molar-refractivity contribution in [1.82, 2.24) is 5.32 Å². The monoisotopic (exact) mass is 318 g/mol. The average molecular weight is 318 g/mol. The molecular weight excluding hydrogens is 301 g/mol. The summed E-state index contributed by atoms with van der Waals surface area (Å²) in [5.41, 5.74) is -3.43. The molecule has 1 heterocycles. The first-order chi connectivity index (χ1) is 10.1. The van der Waals surface area contributed by atoms with Crippen molar-refractivity contribution in [2.24, 2.45) is 0 Å². The Labute approximate surface area is 125 Å². The fourth-order valence-corrected chi connectivity index (χ4v) is 1.92. The van der Waals surface area contributed by atoms with E-state index < -0.39 is 35.9 Å². The molecule has 22 heavy (non-hydrogen) atoms. The third kappa shape index (κ3) is 4.01. The van der Waals surface area contributed by atoms with Crippen LogP contribution in [0.2, 0.25) is 0 Å². The Balaban J connectivity index is 2.96. The molecule has 0 radical (unpaired) electrons. The average Bonchev–Trinajstić information content (AvgIpc) is 2.83. The molecule has 0 saturated heterocycles. The van der Waals surface area contributed by atoms with Crippen molar-refractivity contribution in [1.29, 1.82) is 5.26 Å². The molecule has 1 rings (SSSR count). The number of amides is 1. The molecular formula is C14H17F3N2O3. The maximum Gasteiger partial charge on any atom is 0.425 e. The molecule has 0 aliphatic rings. The molecule has 0 fully saturated rings. The highest BCUT2D eigenvalue weighted by atomic mass is 19.4. The second-order valence-corrected chi connectivity index (χ2v) is 4.98. The SMILES string of the molecule is CCCC(C#N)NC(=O)CC(O)(c1ccc(C)o1)C(F)(F)F. The maximum absolute atomic E-state index is 13.2. The molecule has 0 saturated carbocycles. The summed E-state index contributed by atoms with van der Waals surface area (Å²) >= 11 is 0. The van der Waals surface area contributed by atoms with E-state index in [0.717, 1.165) is 6.07 Å². The van der Waals surface area contributed by atoms with Crippen LogP contribution in [0.5, 0.6) is 0 Å². The van der Waals surface area contributed by atoms with Gasteiger partial charge in [-0.2, -0.15) is 18.4 Å². The lowest BCUT2D eigenvalue weighted by Gasteiger charge is -2.28. The van der Waals surface area contributed by atoms with E-state index in [4.69, 9.17) is 9.68 Å². The number of nitriles is 1.